The van der Waals surface area contributed by atoms with Crippen molar-refractivity contribution in [3.63, 3.8) is 0 Å². The first kappa shape index (κ1) is 14.6. The lowest BCUT2D eigenvalue weighted by molar-refractivity contribution is 0.0850. The van der Waals surface area contributed by atoms with Crippen LogP contribution in [0.5, 0.6) is 0 Å². The summed E-state index contributed by atoms with van der Waals surface area (Å²) in [7, 11) is 0. The van der Waals surface area contributed by atoms with Gasteiger partial charge in [0.15, 0.2) is 0 Å². The minimum atomic E-state index is 0.00283. The Bertz CT molecular complexity index is 513. The molecule has 0 spiro atoms. The fraction of sp³-hybridized carbons (Fsp3) is 0.471. The maximum Gasteiger partial charge on any atom is 0.251 e. The lowest BCUT2D eigenvalue weighted by Gasteiger charge is -2.41. The zero-order valence-electron chi connectivity index (χ0n) is 12.0. The summed E-state index contributed by atoms with van der Waals surface area (Å²) in [5.74, 6) is 5.75. The quantitative estimate of drug-likeness (QED) is 0.825. The molecule has 0 aliphatic heterocycles. The van der Waals surface area contributed by atoms with Gasteiger partial charge in [0.2, 0.25) is 0 Å². The summed E-state index contributed by atoms with van der Waals surface area (Å²) in [4.78, 5) is 12.1. The number of carbonyl (C=O) groups is 1. The third-order valence-corrected chi connectivity index (χ3v) is 4.27. The summed E-state index contributed by atoms with van der Waals surface area (Å²) < 4.78 is 0. The highest BCUT2D eigenvalue weighted by Gasteiger charge is 2.35. The van der Waals surface area contributed by atoms with Gasteiger partial charge in [0.25, 0.3) is 5.91 Å². The molecule has 0 heterocycles. The molecule has 0 aromatic heterocycles. The number of hydrogen-bond donors (Lipinski definition) is 2. The number of carbonyl (C=O) groups excluding carboxylic acids is 1. The van der Waals surface area contributed by atoms with E-state index in [0.717, 1.165) is 18.5 Å². The summed E-state index contributed by atoms with van der Waals surface area (Å²) in [5.41, 5.74) is 7.25. The van der Waals surface area contributed by atoms with Gasteiger partial charge in [0, 0.05) is 17.7 Å². The van der Waals surface area contributed by atoms with E-state index in [-0.39, 0.29) is 5.91 Å². The Balaban J connectivity index is 1.92. The van der Waals surface area contributed by atoms with Crippen LogP contribution >= 0.6 is 0 Å². The molecule has 20 heavy (non-hydrogen) atoms. The van der Waals surface area contributed by atoms with Crippen molar-refractivity contribution in [2.75, 3.05) is 13.1 Å². The predicted molar refractivity (Wildman–Crippen MR) is 81.3 cm³/mol. The normalized spacial score (nSPS) is 15.7. The van der Waals surface area contributed by atoms with Crippen LogP contribution in [0.2, 0.25) is 0 Å². The van der Waals surface area contributed by atoms with Gasteiger partial charge in [0.05, 0.1) is 6.54 Å². The van der Waals surface area contributed by atoms with Gasteiger partial charge >= 0.3 is 0 Å². The topological polar surface area (TPSA) is 55.1 Å². The lowest BCUT2D eigenvalue weighted by Crippen LogP contribution is -2.41. The highest BCUT2D eigenvalue weighted by atomic mass is 16.1. The molecule has 3 nitrogen and oxygen atoms in total. The first-order chi connectivity index (χ1) is 9.69. The van der Waals surface area contributed by atoms with Crippen LogP contribution in [0.25, 0.3) is 0 Å². The van der Waals surface area contributed by atoms with Gasteiger partial charge in [-0.05, 0) is 48.9 Å². The van der Waals surface area contributed by atoms with Gasteiger partial charge in [-0.1, -0.05) is 25.2 Å². The van der Waals surface area contributed by atoms with Gasteiger partial charge in [-0.2, -0.15) is 0 Å². The number of nitrogens with two attached hydrogens (primary N) is 1. The Hall–Kier alpha value is -1.79. The molecular formula is C17H22N2O. The van der Waals surface area contributed by atoms with Crippen molar-refractivity contribution in [1.29, 1.82) is 0 Å². The van der Waals surface area contributed by atoms with E-state index in [9.17, 15) is 4.79 Å². The van der Waals surface area contributed by atoms with Crippen molar-refractivity contribution in [3.05, 3.63) is 35.4 Å². The van der Waals surface area contributed by atoms with E-state index < -0.39 is 0 Å². The molecular weight excluding hydrogens is 248 g/mol. The SMILES string of the molecule is CCC1(CNC(=O)c2ccc(C#CCN)cc2)CCC1. The molecule has 0 radical (unpaired) electrons. The van der Waals surface area contributed by atoms with Gasteiger partial charge in [-0.25, -0.2) is 0 Å². The van der Waals surface area contributed by atoms with Gasteiger partial charge in [-0.15, -0.1) is 0 Å². The molecule has 1 aliphatic rings. The van der Waals surface area contributed by atoms with E-state index in [1.165, 1.54) is 19.3 Å². The van der Waals surface area contributed by atoms with Crippen molar-refractivity contribution in [2.45, 2.75) is 32.6 Å². The van der Waals surface area contributed by atoms with Crippen LogP contribution in [0.1, 0.15) is 48.5 Å². The van der Waals surface area contributed by atoms with E-state index in [1.54, 1.807) is 0 Å². The van der Waals surface area contributed by atoms with Gasteiger partial charge < -0.3 is 11.1 Å². The highest BCUT2D eigenvalue weighted by Crippen LogP contribution is 2.43. The maximum absolute atomic E-state index is 12.1. The average molecular weight is 270 g/mol. The Morgan fingerprint density at radius 1 is 1.35 bits per heavy atom. The van der Waals surface area contributed by atoms with E-state index in [1.807, 2.05) is 24.3 Å². The van der Waals surface area contributed by atoms with Crippen LogP contribution in [0.3, 0.4) is 0 Å². The Kier molecular flexibility index (Phi) is 4.81. The molecule has 1 fully saturated rings. The van der Waals surface area contributed by atoms with Crippen LogP contribution in [-0.4, -0.2) is 19.0 Å². The average Bonchev–Trinajstić information content (AvgIpc) is 2.45. The number of hydrogen-bond acceptors (Lipinski definition) is 2. The fourth-order valence-electron chi connectivity index (χ4n) is 2.56. The summed E-state index contributed by atoms with van der Waals surface area (Å²) in [6.45, 7) is 3.34. The van der Waals surface area contributed by atoms with Gasteiger partial charge in [0.1, 0.15) is 0 Å². The standard InChI is InChI=1S/C17H22N2O/c1-2-17(10-4-11-17)13-19-16(20)15-8-6-14(7-9-15)5-3-12-18/h6-9H,2,4,10-13,18H2,1H3,(H,19,20). The first-order valence-electron chi connectivity index (χ1n) is 7.26. The van der Waals surface area contributed by atoms with Crippen molar-refractivity contribution < 1.29 is 4.79 Å². The second kappa shape index (κ2) is 6.58. The van der Waals surface area contributed by atoms with Crippen LogP contribution < -0.4 is 11.1 Å². The number of nitrogens with one attached hydrogen (secondary N) is 1. The third kappa shape index (κ3) is 3.40. The summed E-state index contributed by atoms with van der Waals surface area (Å²) in [6.07, 6.45) is 4.90. The first-order valence-corrected chi connectivity index (χ1v) is 7.26. The van der Waals surface area contributed by atoms with Crippen LogP contribution in [0.15, 0.2) is 24.3 Å². The largest absolute Gasteiger partial charge is 0.351 e. The molecule has 1 aromatic rings. The summed E-state index contributed by atoms with van der Waals surface area (Å²) in [5, 5.41) is 3.06. The zero-order chi connectivity index (χ0) is 14.4. The number of amides is 1. The van der Waals surface area contributed by atoms with Gasteiger partial charge in [-0.3, -0.25) is 4.79 Å². The second-order valence-corrected chi connectivity index (χ2v) is 5.47. The van der Waals surface area contributed by atoms with Crippen molar-refractivity contribution in [3.8, 4) is 11.8 Å². The fourth-order valence-corrected chi connectivity index (χ4v) is 2.56. The molecule has 1 aromatic carbocycles. The summed E-state index contributed by atoms with van der Waals surface area (Å²) >= 11 is 0. The van der Waals surface area contributed by atoms with Crippen LogP contribution in [-0.2, 0) is 0 Å². The molecule has 0 saturated heterocycles. The van der Waals surface area contributed by atoms with E-state index in [0.29, 0.717) is 17.5 Å². The van der Waals surface area contributed by atoms with Crippen LogP contribution in [0.4, 0.5) is 0 Å². The molecule has 3 heteroatoms. The smallest absolute Gasteiger partial charge is 0.251 e. The number of rotatable bonds is 4. The monoisotopic (exact) mass is 270 g/mol. The molecule has 1 aliphatic carbocycles. The Labute approximate surface area is 120 Å². The summed E-state index contributed by atoms with van der Waals surface area (Å²) in [6, 6.07) is 7.34. The Morgan fingerprint density at radius 2 is 2.05 bits per heavy atom. The van der Waals surface area contributed by atoms with E-state index in [2.05, 4.69) is 24.1 Å². The molecule has 2 rings (SSSR count). The van der Waals surface area contributed by atoms with Crippen molar-refractivity contribution >= 4 is 5.91 Å². The molecule has 3 N–H and O–H groups in total. The highest BCUT2D eigenvalue weighted by molar-refractivity contribution is 5.94. The minimum absolute atomic E-state index is 0.00283. The molecule has 0 bridgehead atoms. The van der Waals surface area contributed by atoms with E-state index in [4.69, 9.17) is 5.73 Å². The molecule has 1 amide bonds. The molecule has 1 saturated carbocycles. The molecule has 106 valence electrons. The van der Waals surface area contributed by atoms with Crippen molar-refractivity contribution in [2.24, 2.45) is 11.1 Å². The maximum atomic E-state index is 12.1. The lowest BCUT2D eigenvalue weighted by atomic mass is 9.67. The predicted octanol–water partition coefficient (Wildman–Crippen LogP) is 2.31. The third-order valence-electron chi connectivity index (χ3n) is 4.27. The number of benzene rings is 1. The van der Waals surface area contributed by atoms with E-state index >= 15 is 0 Å². The van der Waals surface area contributed by atoms with Crippen LogP contribution in [0, 0.1) is 17.3 Å². The Morgan fingerprint density at radius 3 is 2.55 bits per heavy atom. The molecule has 0 unspecified atom stereocenters. The molecule has 0 atom stereocenters. The minimum Gasteiger partial charge on any atom is -0.351 e. The second-order valence-electron chi connectivity index (χ2n) is 5.47. The zero-order valence-corrected chi connectivity index (χ0v) is 12.0. The van der Waals surface area contributed by atoms with Crippen molar-refractivity contribution in [1.82, 2.24) is 5.32 Å².